The first kappa shape index (κ1) is 11.3. The highest BCUT2D eigenvalue weighted by atomic mass is 32.1. The second kappa shape index (κ2) is 4.76. The van der Waals surface area contributed by atoms with Crippen molar-refractivity contribution in [1.29, 1.82) is 0 Å². The molecule has 5 heteroatoms. The van der Waals surface area contributed by atoms with Crippen LogP contribution in [0.15, 0.2) is 24.1 Å². The van der Waals surface area contributed by atoms with Crippen LogP contribution in [0.2, 0.25) is 0 Å². The molecule has 1 atom stereocenters. The summed E-state index contributed by atoms with van der Waals surface area (Å²) in [6, 6.07) is 0.309. The van der Waals surface area contributed by atoms with Crippen LogP contribution in [0, 0.1) is 0 Å². The van der Waals surface area contributed by atoms with Gasteiger partial charge in [-0.15, -0.1) is 11.3 Å². The van der Waals surface area contributed by atoms with E-state index in [1.807, 2.05) is 9.95 Å². The number of aliphatic hydroxyl groups is 1. The van der Waals surface area contributed by atoms with E-state index in [2.05, 4.69) is 23.8 Å². The molecule has 0 fully saturated rings. The highest BCUT2D eigenvalue weighted by molar-refractivity contribution is 7.09. The number of nitrogens with zero attached hydrogens (tertiary/aromatic N) is 3. The number of imidazole rings is 1. The van der Waals surface area contributed by atoms with Gasteiger partial charge in [-0.05, 0) is 13.8 Å². The van der Waals surface area contributed by atoms with E-state index in [9.17, 15) is 5.11 Å². The largest absolute Gasteiger partial charge is 0.386 e. The molecule has 2 aromatic rings. The molecule has 0 aliphatic rings. The van der Waals surface area contributed by atoms with Crippen molar-refractivity contribution in [1.82, 2.24) is 14.5 Å². The monoisotopic (exact) mass is 237 g/mol. The number of aliphatic hydroxyl groups excluding tert-OH is 1. The minimum absolute atomic E-state index is 0.309. The summed E-state index contributed by atoms with van der Waals surface area (Å²) in [7, 11) is 0. The Labute approximate surface area is 98.6 Å². The Morgan fingerprint density at radius 2 is 2.31 bits per heavy atom. The lowest BCUT2D eigenvalue weighted by atomic mass is 10.2. The minimum Gasteiger partial charge on any atom is -0.386 e. The molecule has 0 saturated carbocycles. The lowest BCUT2D eigenvalue weighted by molar-refractivity contribution is 0.167. The molecule has 0 radical (unpaired) electrons. The zero-order valence-electron chi connectivity index (χ0n) is 9.37. The van der Waals surface area contributed by atoms with Crippen LogP contribution in [0.4, 0.5) is 0 Å². The minimum atomic E-state index is -0.531. The lowest BCUT2D eigenvalue weighted by Gasteiger charge is -2.15. The maximum atomic E-state index is 10.1. The van der Waals surface area contributed by atoms with Crippen molar-refractivity contribution >= 4 is 11.3 Å². The molecular weight excluding hydrogens is 222 g/mol. The fraction of sp³-hybridized carbons (Fsp3) is 0.455. The molecule has 0 spiro atoms. The van der Waals surface area contributed by atoms with E-state index in [1.54, 1.807) is 30.1 Å². The van der Waals surface area contributed by atoms with Gasteiger partial charge in [0.2, 0.25) is 0 Å². The van der Waals surface area contributed by atoms with Crippen molar-refractivity contribution in [3.05, 3.63) is 34.8 Å². The third kappa shape index (κ3) is 2.31. The number of rotatable bonds is 4. The second-order valence-corrected chi connectivity index (χ2v) is 4.94. The molecule has 0 aliphatic heterocycles. The summed E-state index contributed by atoms with van der Waals surface area (Å²) in [5.41, 5.74) is 0.852. The summed E-state index contributed by atoms with van der Waals surface area (Å²) in [4.78, 5) is 8.25. The normalized spacial score (nSPS) is 13.2. The predicted molar refractivity (Wildman–Crippen MR) is 63.4 cm³/mol. The van der Waals surface area contributed by atoms with Crippen molar-refractivity contribution in [2.75, 3.05) is 0 Å². The van der Waals surface area contributed by atoms with E-state index < -0.39 is 6.10 Å². The summed E-state index contributed by atoms with van der Waals surface area (Å²) in [6.07, 6.45) is 5.25. The standard InChI is InChI=1S/C11H15N3OS/c1-8(2)14-7-12-6-9(14)10(15)5-11-13-3-4-16-11/h3-4,6-8,10,15H,5H2,1-2H3. The SMILES string of the molecule is CC(C)n1cncc1C(O)Cc1nccs1. The van der Waals surface area contributed by atoms with Crippen molar-refractivity contribution < 1.29 is 5.11 Å². The van der Waals surface area contributed by atoms with Crippen molar-refractivity contribution in [3.63, 3.8) is 0 Å². The number of aromatic nitrogens is 3. The second-order valence-electron chi connectivity index (χ2n) is 3.97. The smallest absolute Gasteiger partial charge is 0.102 e. The van der Waals surface area contributed by atoms with Gasteiger partial charge < -0.3 is 9.67 Å². The molecule has 2 heterocycles. The molecule has 86 valence electrons. The topological polar surface area (TPSA) is 50.9 Å². The Hall–Kier alpha value is -1.20. The first-order valence-corrected chi connectivity index (χ1v) is 6.14. The number of hydrogen-bond acceptors (Lipinski definition) is 4. The lowest BCUT2D eigenvalue weighted by Crippen LogP contribution is -2.10. The molecule has 1 unspecified atom stereocenters. The zero-order valence-corrected chi connectivity index (χ0v) is 10.2. The van der Waals surface area contributed by atoms with E-state index in [1.165, 1.54) is 0 Å². The van der Waals surface area contributed by atoms with Gasteiger partial charge in [0.25, 0.3) is 0 Å². The summed E-state index contributed by atoms with van der Waals surface area (Å²) in [5.74, 6) is 0. The summed E-state index contributed by atoms with van der Waals surface area (Å²) in [6.45, 7) is 4.14. The third-order valence-corrected chi connectivity index (χ3v) is 3.25. The van der Waals surface area contributed by atoms with Crippen molar-refractivity contribution in [2.45, 2.75) is 32.4 Å². The first-order chi connectivity index (χ1) is 7.68. The maximum absolute atomic E-state index is 10.1. The Morgan fingerprint density at radius 1 is 1.50 bits per heavy atom. The Balaban J connectivity index is 2.14. The van der Waals surface area contributed by atoms with Crippen LogP contribution in [-0.4, -0.2) is 19.6 Å². The molecule has 0 aromatic carbocycles. The van der Waals surface area contributed by atoms with Crippen molar-refractivity contribution in [3.8, 4) is 0 Å². The highest BCUT2D eigenvalue weighted by Crippen LogP contribution is 2.21. The van der Waals surface area contributed by atoms with Gasteiger partial charge in [-0.3, -0.25) is 0 Å². The van der Waals surface area contributed by atoms with Gasteiger partial charge >= 0.3 is 0 Å². The third-order valence-electron chi connectivity index (χ3n) is 2.45. The molecule has 16 heavy (non-hydrogen) atoms. The summed E-state index contributed by atoms with van der Waals surface area (Å²) < 4.78 is 1.98. The molecule has 0 bridgehead atoms. The quantitative estimate of drug-likeness (QED) is 0.887. The Bertz CT molecular complexity index is 436. The van der Waals surface area contributed by atoms with Crippen LogP contribution >= 0.6 is 11.3 Å². The van der Waals surface area contributed by atoms with Crippen LogP contribution in [-0.2, 0) is 6.42 Å². The predicted octanol–water partition coefficient (Wildman–Crippen LogP) is 2.20. The molecule has 2 rings (SSSR count). The molecule has 0 aliphatic carbocycles. The fourth-order valence-corrected chi connectivity index (χ4v) is 2.28. The van der Waals surface area contributed by atoms with Crippen molar-refractivity contribution in [2.24, 2.45) is 0 Å². The van der Waals surface area contributed by atoms with Gasteiger partial charge in [0, 0.05) is 24.0 Å². The summed E-state index contributed by atoms with van der Waals surface area (Å²) >= 11 is 1.56. The van der Waals surface area contributed by atoms with Gasteiger partial charge in [-0.1, -0.05) is 0 Å². The number of thiazole rings is 1. The van der Waals surface area contributed by atoms with E-state index in [0.717, 1.165) is 10.7 Å². The average Bonchev–Trinajstić information content (AvgIpc) is 2.86. The molecule has 0 saturated heterocycles. The van der Waals surface area contributed by atoms with Gasteiger partial charge in [0.15, 0.2) is 0 Å². The van der Waals surface area contributed by atoms with Crippen LogP contribution in [0.5, 0.6) is 0 Å². The Morgan fingerprint density at radius 3 is 2.94 bits per heavy atom. The molecule has 0 amide bonds. The van der Waals surface area contributed by atoms with Gasteiger partial charge in [-0.25, -0.2) is 9.97 Å². The average molecular weight is 237 g/mol. The van der Waals surface area contributed by atoms with Gasteiger partial charge in [-0.2, -0.15) is 0 Å². The molecule has 4 nitrogen and oxygen atoms in total. The molecule has 2 aromatic heterocycles. The van der Waals surface area contributed by atoms with Crippen LogP contribution in [0.3, 0.4) is 0 Å². The first-order valence-electron chi connectivity index (χ1n) is 5.26. The molecular formula is C11H15N3OS. The highest BCUT2D eigenvalue weighted by Gasteiger charge is 2.16. The van der Waals surface area contributed by atoms with Gasteiger partial charge in [0.05, 0.1) is 23.2 Å². The number of hydrogen-bond donors (Lipinski definition) is 1. The summed E-state index contributed by atoms with van der Waals surface area (Å²) in [5, 5.41) is 13.0. The Kier molecular flexibility index (Phi) is 3.36. The van der Waals surface area contributed by atoms with Gasteiger partial charge in [0.1, 0.15) is 6.10 Å². The zero-order chi connectivity index (χ0) is 11.5. The van der Waals surface area contributed by atoms with E-state index in [4.69, 9.17) is 0 Å². The van der Waals surface area contributed by atoms with E-state index >= 15 is 0 Å². The maximum Gasteiger partial charge on any atom is 0.102 e. The van der Waals surface area contributed by atoms with Crippen LogP contribution < -0.4 is 0 Å². The van der Waals surface area contributed by atoms with E-state index in [-0.39, 0.29) is 0 Å². The van der Waals surface area contributed by atoms with Crippen LogP contribution in [0.1, 0.15) is 36.7 Å². The van der Waals surface area contributed by atoms with Crippen LogP contribution in [0.25, 0.3) is 0 Å². The fourth-order valence-electron chi connectivity index (χ4n) is 1.63. The van der Waals surface area contributed by atoms with E-state index in [0.29, 0.717) is 12.5 Å². The molecule has 1 N–H and O–H groups in total.